The van der Waals surface area contributed by atoms with E-state index < -0.39 is 11.6 Å². The average molecular weight is 550 g/mol. The Morgan fingerprint density at radius 1 is 1.39 bits per heavy atom. The maximum absolute atomic E-state index is 14.1. The van der Waals surface area contributed by atoms with Gasteiger partial charge in [-0.2, -0.15) is 4.98 Å². The minimum atomic E-state index is -0.577. The molecule has 2 aromatic rings. The molecule has 2 N–H and O–H groups in total. The lowest BCUT2D eigenvalue weighted by atomic mass is 10.2. The standard InChI is InChI=1S/C20H28F2N6O2.HI/c1-4-23-20(24-11-18-26-19(27-30-18)13(3)29-5-2)25-15-8-9-28(12-15)17-7-6-14(21)10-16(17)22;/h6-7,10,13,15H,4-5,8-9,11-12H2,1-3H3,(H2,23,24,25);1H. The molecule has 1 aliphatic heterocycles. The Hall–Kier alpha value is -2.02. The molecule has 0 saturated carbocycles. The van der Waals surface area contributed by atoms with Gasteiger partial charge in [0.1, 0.15) is 24.3 Å². The van der Waals surface area contributed by atoms with Gasteiger partial charge in [-0.1, -0.05) is 5.16 Å². The molecule has 1 aliphatic rings. The molecule has 0 amide bonds. The number of benzene rings is 1. The molecule has 172 valence electrons. The van der Waals surface area contributed by atoms with Crippen LogP contribution in [0.2, 0.25) is 0 Å². The second kappa shape index (κ2) is 12.1. The van der Waals surface area contributed by atoms with E-state index in [2.05, 4.69) is 25.8 Å². The van der Waals surface area contributed by atoms with E-state index in [4.69, 9.17) is 9.26 Å². The van der Waals surface area contributed by atoms with Crippen LogP contribution in [-0.2, 0) is 11.3 Å². The van der Waals surface area contributed by atoms with Gasteiger partial charge in [0.15, 0.2) is 11.8 Å². The summed E-state index contributed by atoms with van der Waals surface area (Å²) in [5, 5.41) is 10.5. The Kier molecular flexibility index (Phi) is 9.88. The van der Waals surface area contributed by atoms with Crippen LogP contribution >= 0.6 is 24.0 Å². The van der Waals surface area contributed by atoms with E-state index in [9.17, 15) is 8.78 Å². The highest BCUT2D eigenvalue weighted by Gasteiger charge is 2.25. The average Bonchev–Trinajstić information content (AvgIpc) is 3.36. The van der Waals surface area contributed by atoms with Gasteiger partial charge in [-0.3, -0.25) is 0 Å². The molecule has 2 heterocycles. The number of aliphatic imine (C=N–C) groups is 1. The molecule has 2 atom stereocenters. The number of guanidine groups is 1. The summed E-state index contributed by atoms with van der Waals surface area (Å²) in [7, 11) is 0. The van der Waals surface area contributed by atoms with Gasteiger partial charge in [-0.05, 0) is 39.3 Å². The molecular weight excluding hydrogens is 521 g/mol. The number of halogens is 3. The first-order valence-electron chi connectivity index (χ1n) is 10.2. The highest BCUT2D eigenvalue weighted by Crippen LogP contribution is 2.24. The van der Waals surface area contributed by atoms with Gasteiger partial charge in [0.05, 0.1) is 5.69 Å². The Bertz CT molecular complexity index is 866. The van der Waals surface area contributed by atoms with Crippen LogP contribution in [0.5, 0.6) is 0 Å². The van der Waals surface area contributed by atoms with E-state index in [1.165, 1.54) is 12.1 Å². The third-order valence-corrected chi connectivity index (χ3v) is 4.76. The molecule has 0 bridgehead atoms. The third-order valence-electron chi connectivity index (χ3n) is 4.76. The SMILES string of the molecule is CCNC(=NCc1nc(C(C)OCC)no1)NC1CCN(c2ccc(F)cc2F)C1.I. The minimum Gasteiger partial charge on any atom is -0.371 e. The summed E-state index contributed by atoms with van der Waals surface area (Å²) in [6, 6.07) is 3.73. The van der Waals surface area contributed by atoms with Crippen molar-refractivity contribution in [2.24, 2.45) is 4.99 Å². The maximum Gasteiger partial charge on any atom is 0.248 e. The lowest BCUT2D eigenvalue weighted by Gasteiger charge is -2.20. The quantitative estimate of drug-likeness (QED) is 0.296. The molecule has 1 aromatic carbocycles. The topological polar surface area (TPSA) is 87.8 Å². The van der Waals surface area contributed by atoms with Gasteiger partial charge in [-0.15, -0.1) is 24.0 Å². The number of ether oxygens (including phenoxy) is 1. The molecule has 0 spiro atoms. The normalized spacial score (nSPS) is 17.4. The second-order valence-corrected chi connectivity index (χ2v) is 7.01. The van der Waals surface area contributed by atoms with Crippen molar-refractivity contribution in [3.8, 4) is 0 Å². The summed E-state index contributed by atoms with van der Waals surface area (Å²) >= 11 is 0. The van der Waals surface area contributed by atoms with E-state index in [1.807, 2.05) is 25.7 Å². The molecule has 0 radical (unpaired) electrons. The van der Waals surface area contributed by atoms with Crippen LogP contribution in [0.3, 0.4) is 0 Å². The summed E-state index contributed by atoms with van der Waals surface area (Å²) in [5.74, 6) is 0.376. The van der Waals surface area contributed by atoms with Crippen molar-refractivity contribution < 1.29 is 18.0 Å². The summed E-state index contributed by atoms with van der Waals surface area (Å²) in [6.45, 7) is 8.48. The Morgan fingerprint density at radius 2 is 2.19 bits per heavy atom. The van der Waals surface area contributed by atoms with Gasteiger partial charge in [-0.25, -0.2) is 13.8 Å². The van der Waals surface area contributed by atoms with Crippen LogP contribution < -0.4 is 15.5 Å². The molecular formula is C20H29F2IN6O2. The first-order valence-corrected chi connectivity index (χ1v) is 10.2. The molecule has 11 heteroatoms. The molecule has 31 heavy (non-hydrogen) atoms. The monoisotopic (exact) mass is 550 g/mol. The highest BCUT2D eigenvalue weighted by molar-refractivity contribution is 14.0. The van der Waals surface area contributed by atoms with Crippen molar-refractivity contribution in [1.29, 1.82) is 0 Å². The molecule has 8 nitrogen and oxygen atoms in total. The fraction of sp³-hybridized carbons (Fsp3) is 0.550. The van der Waals surface area contributed by atoms with Crippen molar-refractivity contribution in [1.82, 2.24) is 20.8 Å². The van der Waals surface area contributed by atoms with Crippen LogP contribution in [-0.4, -0.2) is 48.4 Å². The van der Waals surface area contributed by atoms with Gasteiger partial charge in [0, 0.05) is 38.3 Å². The third kappa shape index (κ3) is 6.99. The number of nitrogens with zero attached hydrogens (tertiary/aromatic N) is 4. The van der Waals surface area contributed by atoms with Crippen molar-refractivity contribution in [2.45, 2.75) is 45.9 Å². The number of rotatable bonds is 8. The lowest BCUT2D eigenvalue weighted by molar-refractivity contribution is 0.0683. The number of aromatic nitrogens is 2. The van der Waals surface area contributed by atoms with E-state index in [0.717, 1.165) is 12.5 Å². The van der Waals surface area contributed by atoms with E-state index in [1.54, 1.807) is 0 Å². The van der Waals surface area contributed by atoms with Crippen molar-refractivity contribution >= 4 is 35.6 Å². The molecule has 1 fully saturated rings. The van der Waals surface area contributed by atoms with Crippen LogP contribution in [0.4, 0.5) is 14.5 Å². The predicted molar refractivity (Wildman–Crippen MR) is 125 cm³/mol. The first kappa shape index (κ1) is 25.2. The van der Waals surface area contributed by atoms with Gasteiger partial charge < -0.3 is 24.8 Å². The number of hydrogen-bond donors (Lipinski definition) is 2. The Balaban J connectivity index is 0.00000341. The smallest absolute Gasteiger partial charge is 0.248 e. The van der Waals surface area contributed by atoms with Crippen molar-refractivity contribution in [2.75, 3.05) is 31.1 Å². The van der Waals surface area contributed by atoms with E-state index in [-0.39, 0.29) is 42.7 Å². The zero-order valence-electron chi connectivity index (χ0n) is 17.9. The van der Waals surface area contributed by atoms with Crippen LogP contribution in [0.15, 0.2) is 27.7 Å². The summed E-state index contributed by atoms with van der Waals surface area (Å²) < 4.78 is 37.9. The molecule has 2 unspecified atom stereocenters. The van der Waals surface area contributed by atoms with E-state index in [0.29, 0.717) is 49.6 Å². The Morgan fingerprint density at radius 3 is 2.90 bits per heavy atom. The molecule has 1 saturated heterocycles. The van der Waals surface area contributed by atoms with Gasteiger partial charge >= 0.3 is 0 Å². The summed E-state index contributed by atoms with van der Waals surface area (Å²) in [5.41, 5.74) is 0.407. The molecule has 3 rings (SSSR count). The minimum absolute atomic E-state index is 0. The van der Waals surface area contributed by atoms with E-state index >= 15 is 0 Å². The Labute approximate surface area is 197 Å². The maximum atomic E-state index is 14.1. The zero-order chi connectivity index (χ0) is 21.5. The van der Waals surface area contributed by atoms with Gasteiger partial charge in [0.2, 0.25) is 5.89 Å². The lowest BCUT2D eigenvalue weighted by Crippen LogP contribution is -2.44. The number of anilines is 1. The molecule has 0 aliphatic carbocycles. The van der Waals surface area contributed by atoms with Gasteiger partial charge in [0.25, 0.3) is 0 Å². The predicted octanol–water partition coefficient (Wildman–Crippen LogP) is 3.40. The van der Waals surface area contributed by atoms with Crippen molar-refractivity contribution in [3.05, 3.63) is 41.5 Å². The fourth-order valence-corrected chi connectivity index (χ4v) is 3.32. The van der Waals surface area contributed by atoms with Crippen molar-refractivity contribution in [3.63, 3.8) is 0 Å². The van der Waals surface area contributed by atoms with Crippen LogP contribution in [0, 0.1) is 11.6 Å². The highest BCUT2D eigenvalue weighted by atomic mass is 127. The zero-order valence-corrected chi connectivity index (χ0v) is 20.2. The fourth-order valence-electron chi connectivity index (χ4n) is 3.32. The first-order chi connectivity index (χ1) is 14.5. The summed E-state index contributed by atoms with van der Waals surface area (Å²) in [4.78, 5) is 10.7. The number of hydrogen-bond acceptors (Lipinski definition) is 6. The number of nitrogens with one attached hydrogen (secondary N) is 2. The van der Waals surface area contributed by atoms with Crippen LogP contribution in [0.1, 0.15) is 45.0 Å². The summed E-state index contributed by atoms with van der Waals surface area (Å²) in [6.07, 6.45) is 0.567. The second-order valence-electron chi connectivity index (χ2n) is 7.01. The van der Waals surface area contributed by atoms with Crippen LogP contribution in [0.25, 0.3) is 0 Å². The largest absolute Gasteiger partial charge is 0.371 e. The molecule has 1 aromatic heterocycles.